The second kappa shape index (κ2) is 1.32. The van der Waals surface area contributed by atoms with Gasteiger partial charge in [-0.2, -0.15) is 0 Å². The van der Waals surface area contributed by atoms with Gasteiger partial charge in [-0.25, -0.2) is 4.79 Å². The molecule has 0 heterocycles. The minimum atomic E-state index is -0.322. The van der Waals surface area contributed by atoms with Crippen LogP contribution in [-0.4, -0.2) is 12.2 Å². The van der Waals surface area contributed by atoms with Crippen LogP contribution in [0.1, 0.15) is 0 Å². The van der Waals surface area contributed by atoms with Crippen molar-refractivity contribution in [1.29, 1.82) is 0 Å². The molecular weight excluding hydrogens is 92.1 g/mol. The molecule has 0 aromatic rings. The molecule has 0 amide bonds. The van der Waals surface area contributed by atoms with Crippen LogP contribution in [0.25, 0.3) is 0 Å². The van der Waals surface area contributed by atoms with Crippen LogP contribution in [0.5, 0.6) is 0 Å². The minimum Gasteiger partial charge on any atom is -0.290 e. The quantitative estimate of drug-likeness (QED) is 0.417. The summed E-state index contributed by atoms with van der Waals surface area (Å²) in [5.74, 6) is 1.27. The standard InChI is InChI=1S/C5H2O2/c6-2-4-1-5(4)3-7/h1,4H. The van der Waals surface area contributed by atoms with E-state index in [0.717, 1.165) is 0 Å². The van der Waals surface area contributed by atoms with Gasteiger partial charge in [0.1, 0.15) is 5.94 Å². The predicted octanol–water partition coefficient (Wildman–Crippen LogP) is -0.312. The molecule has 0 N–H and O–H groups in total. The first-order chi connectivity index (χ1) is 3.38. The second-order valence-electron chi connectivity index (χ2n) is 1.32. The van der Waals surface area contributed by atoms with Crippen LogP contribution in [0.4, 0.5) is 0 Å². The number of rotatable bonds is 1. The summed E-state index contributed by atoms with van der Waals surface area (Å²) in [6, 6.07) is 0. The van der Waals surface area contributed by atoms with E-state index in [2.05, 4.69) is 0 Å². The topological polar surface area (TPSA) is 34.1 Å². The van der Waals surface area contributed by atoms with Gasteiger partial charge in [0.2, 0.25) is 6.29 Å². The molecule has 1 fully saturated rings. The molecule has 34 valence electrons. The van der Waals surface area contributed by atoms with Crippen LogP contribution in [-0.2, 0) is 9.59 Å². The Morgan fingerprint density at radius 3 is 2.43 bits per heavy atom. The smallest absolute Gasteiger partial charge is 0.207 e. The summed E-state index contributed by atoms with van der Waals surface area (Å²) in [6.45, 7) is 0. The van der Waals surface area contributed by atoms with Gasteiger partial charge < -0.3 is 0 Å². The van der Waals surface area contributed by atoms with Crippen LogP contribution in [0, 0.1) is 12.3 Å². The Balaban J connectivity index is 2.61. The zero-order chi connectivity index (χ0) is 5.28. The van der Waals surface area contributed by atoms with Crippen molar-refractivity contribution < 1.29 is 9.59 Å². The lowest BCUT2D eigenvalue weighted by molar-refractivity contribution is 0.551. The number of hydrogen-bond acceptors (Lipinski definition) is 2. The van der Waals surface area contributed by atoms with E-state index in [1.807, 2.05) is 0 Å². The van der Waals surface area contributed by atoms with Gasteiger partial charge in [0, 0.05) is 12.0 Å². The molecule has 7 heavy (non-hydrogen) atoms. The van der Waals surface area contributed by atoms with Gasteiger partial charge in [-0.05, 0) is 0 Å². The largest absolute Gasteiger partial charge is 0.290 e. The van der Waals surface area contributed by atoms with Crippen molar-refractivity contribution in [1.82, 2.24) is 0 Å². The van der Waals surface area contributed by atoms with Crippen LogP contribution < -0.4 is 0 Å². The Morgan fingerprint density at radius 2 is 2.29 bits per heavy atom. The van der Waals surface area contributed by atoms with Crippen molar-refractivity contribution in [2.24, 2.45) is 5.92 Å². The molecule has 0 spiro atoms. The third-order valence-corrected chi connectivity index (χ3v) is 0.817. The molecule has 2 heteroatoms. The van der Waals surface area contributed by atoms with Crippen LogP contribution in [0.2, 0.25) is 0 Å². The zero-order valence-electron chi connectivity index (χ0n) is 3.47. The fourth-order valence-corrected chi connectivity index (χ4v) is 0.326. The van der Waals surface area contributed by atoms with E-state index in [4.69, 9.17) is 0 Å². The van der Waals surface area contributed by atoms with Gasteiger partial charge in [0.15, 0.2) is 0 Å². The SMILES string of the molecule is O=[C]C1[CH]C1=C=O. The molecule has 0 saturated heterocycles. The van der Waals surface area contributed by atoms with E-state index in [9.17, 15) is 9.59 Å². The maximum absolute atomic E-state index is 9.58. The maximum Gasteiger partial charge on any atom is 0.207 e. The van der Waals surface area contributed by atoms with Crippen molar-refractivity contribution in [3.63, 3.8) is 0 Å². The third kappa shape index (κ3) is 0.599. The molecule has 0 aromatic carbocycles. The lowest BCUT2D eigenvalue weighted by Crippen LogP contribution is -1.70. The van der Waals surface area contributed by atoms with E-state index in [1.165, 1.54) is 6.42 Å². The van der Waals surface area contributed by atoms with Crippen molar-refractivity contribution in [3.05, 3.63) is 12.0 Å². The molecule has 1 unspecified atom stereocenters. The summed E-state index contributed by atoms with van der Waals surface area (Å²) >= 11 is 0. The molecule has 0 bridgehead atoms. The molecule has 0 aromatic heterocycles. The highest BCUT2D eigenvalue weighted by molar-refractivity contribution is 5.82. The first-order valence-corrected chi connectivity index (χ1v) is 1.86. The number of hydrogen-bond donors (Lipinski definition) is 0. The fraction of sp³-hybridized carbons (Fsp3) is 0.200. The minimum absolute atomic E-state index is 0.322. The lowest BCUT2D eigenvalue weighted by Gasteiger charge is -1.55. The van der Waals surface area contributed by atoms with E-state index < -0.39 is 0 Å². The molecule has 1 atom stereocenters. The van der Waals surface area contributed by atoms with Gasteiger partial charge in [-0.1, -0.05) is 0 Å². The summed E-state index contributed by atoms with van der Waals surface area (Å²) in [7, 11) is 0. The van der Waals surface area contributed by atoms with Crippen LogP contribution >= 0.6 is 0 Å². The van der Waals surface area contributed by atoms with Crippen LogP contribution in [0.15, 0.2) is 5.57 Å². The van der Waals surface area contributed by atoms with E-state index in [1.54, 1.807) is 12.2 Å². The maximum atomic E-state index is 9.58. The molecule has 1 saturated carbocycles. The number of allylic oxidation sites excluding steroid dienone is 1. The van der Waals surface area contributed by atoms with Crippen molar-refractivity contribution in [2.75, 3.05) is 0 Å². The predicted molar refractivity (Wildman–Crippen MR) is 22.7 cm³/mol. The average Bonchev–Trinajstić information content (AvgIpc) is 2.43. The monoisotopic (exact) mass is 94.0 g/mol. The molecule has 0 aliphatic heterocycles. The average molecular weight is 94.1 g/mol. The normalized spacial score (nSPS) is 26.3. The molecule has 2 radical (unpaired) electrons. The summed E-state index contributed by atoms with van der Waals surface area (Å²) in [5.41, 5.74) is 0.440. The van der Waals surface area contributed by atoms with Gasteiger partial charge in [0.25, 0.3) is 0 Å². The lowest BCUT2D eigenvalue weighted by atomic mass is 10.5. The van der Waals surface area contributed by atoms with Gasteiger partial charge in [0.05, 0.1) is 5.92 Å². The first-order valence-electron chi connectivity index (χ1n) is 1.86. The first kappa shape index (κ1) is 4.28. The molecule has 1 aliphatic carbocycles. The zero-order valence-corrected chi connectivity index (χ0v) is 3.47. The van der Waals surface area contributed by atoms with Crippen molar-refractivity contribution >= 4 is 12.2 Å². The molecule has 2 nitrogen and oxygen atoms in total. The Bertz CT molecular complexity index is 142. The highest BCUT2D eigenvalue weighted by atomic mass is 16.1. The molecular formula is C5H2O2. The Labute approximate surface area is 40.8 Å². The third-order valence-electron chi connectivity index (χ3n) is 0.817. The highest BCUT2D eigenvalue weighted by Crippen LogP contribution is 2.30. The highest BCUT2D eigenvalue weighted by Gasteiger charge is 2.31. The fourth-order valence-electron chi connectivity index (χ4n) is 0.326. The molecule has 1 rings (SSSR count). The van der Waals surface area contributed by atoms with E-state index in [0.29, 0.717) is 5.57 Å². The van der Waals surface area contributed by atoms with Crippen molar-refractivity contribution in [3.8, 4) is 0 Å². The summed E-state index contributed by atoms with van der Waals surface area (Å²) in [5, 5.41) is 0. The summed E-state index contributed by atoms with van der Waals surface area (Å²) in [4.78, 5) is 19.1. The van der Waals surface area contributed by atoms with E-state index in [-0.39, 0.29) is 5.92 Å². The van der Waals surface area contributed by atoms with E-state index >= 15 is 0 Å². The molecule has 1 aliphatic rings. The summed E-state index contributed by atoms with van der Waals surface area (Å²) < 4.78 is 0. The van der Waals surface area contributed by atoms with Gasteiger partial charge in [-0.3, -0.25) is 4.79 Å². The summed E-state index contributed by atoms with van der Waals surface area (Å²) in [6.07, 6.45) is 3.15. The Morgan fingerprint density at radius 1 is 1.57 bits per heavy atom. The van der Waals surface area contributed by atoms with Gasteiger partial charge in [-0.15, -0.1) is 0 Å². The Kier molecular flexibility index (Phi) is 0.807. The van der Waals surface area contributed by atoms with Crippen molar-refractivity contribution in [2.45, 2.75) is 0 Å². The number of carbonyl (C=O) groups excluding carboxylic acids is 2. The Hall–Kier alpha value is -0.880. The van der Waals surface area contributed by atoms with Gasteiger partial charge >= 0.3 is 0 Å². The second-order valence-corrected chi connectivity index (χ2v) is 1.32. The van der Waals surface area contributed by atoms with Crippen LogP contribution in [0.3, 0.4) is 0 Å².